The van der Waals surface area contributed by atoms with Crippen molar-refractivity contribution in [3.8, 4) is 5.75 Å². The van der Waals surface area contributed by atoms with E-state index in [1.807, 2.05) is 24.3 Å². The molecule has 0 aliphatic rings. The number of ketones is 1. The molecule has 1 aromatic carbocycles. The molecule has 1 heterocycles. The van der Waals surface area contributed by atoms with Gasteiger partial charge in [0, 0.05) is 17.1 Å². The van der Waals surface area contributed by atoms with E-state index in [-0.39, 0.29) is 5.78 Å². The van der Waals surface area contributed by atoms with Crippen LogP contribution in [0.15, 0.2) is 47.1 Å². The van der Waals surface area contributed by atoms with Crippen molar-refractivity contribution in [3.05, 3.63) is 58.3 Å². The second-order valence-corrected chi connectivity index (χ2v) is 4.70. The van der Waals surface area contributed by atoms with Gasteiger partial charge in [-0.3, -0.25) is 4.79 Å². The highest BCUT2D eigenvalue weighted by atomic mass is 79.9. The number of hydrogen-bond donors (Lipinski definition) is 0. The van der Waals surface area contributed by atoms with Crippen molar-refractivity contribution in [1.29, 1.82) is 0 Å². The third kappa shape index (κ3) is 2.96. The smallest absolute Gasteiger partial charge is 0.189 e. The minimum absolute atomic E-state index is 0.0504. The van der Waals surface area contributed by atoms with E-state index in [1.165, 1.54) is 7.11 Å². The number of halogens is 1. The third-order valence-electron chi connectivity index (χ3n) is 2.51. The lowest BCUT2D eigenvalue weighted by atomic mass is 10.1. The van der Waals surface area contributed by atoms with Gasteiger partial charge in [-0.05, 0) is 29.8 Å². The summed E-state index contributed by atoms with van der Waals surface area (Å²) in [6.45, 7) is 0. The van der Waals surface area contributed by atoms with E-state index in [0.717, 1.165) is 10.0 Å². The molecule has 0 unspecified atom stereocenters. The lowest BCUT2D eigenvalue weighted by Gasteiger charge is -2.06. The molecule has 4 heteroatoms. The van der Waals surface area contributed by atoms with Crippen LogP contribution in [0.2, 0.25) is 0 Å². The van der Waals surface area contributed by atoms with E-state index in [2.05, 4.69) is 20.9 Å². The first-order chi connectivity index (χ1) is 8.70. The fourth-order valence-corrected chi connectivity index (χ4v) is 2.13. The van der Waals surface area contributed by atoms with Crippen LogP contribution in [0.25, 0.3) is 0 Å². The molecule has 0 saturated carbocycles. The molecule has 2 rings (SSSR count). The topological polar surface area (TPSA) is 39.2 Å². The van der Waals surface area contributed by atoms with Gasteiger partial charge < -0.3 is 4.74 Å². The maximum atomic E-state index is 12.1. The summed E-state index contributed by atoms with van der Waals surface area (Å²) in [6, 6.07) is 11.2. The van der Waals surface area contributed by atoms with E-state index >= 15 is 0 Å². The molecule has 0 N–H and O–H groups in total. The number of carbonyl (C=O) groups is 1. The average Bonchev–Trinajstić information content (AvgIpc) is 2.38. The standard InChI is InChI=1S/C14H12BrNO2/c1-18-13-6-3-7-16-14(13)12(17)9-10-4-2-5-11(15)8-10/h2-8H,9H2,1H3. The summed E-state index contributed by atoms with van der Waals surface area (Å²) in [5.41, 5.74) is 1.32. The second-order valence-electron chi connectivity index (χ2n) is 3.78. The molecule has 0 aliphatic heterocycles. The zero-order chi connectivity index (χ0) is 13.0. The predicted molar refractivity (Wildman–Crippen MR) is 73.0 cm³/mol. The molecular formula is C14H12BrNO2. The zero-order valence-corrected chi connectivity index (χ0v) is 11.5. The van der Waals surface area contributed by atoms with Gasteiger partial charge in [0.1, 0.15) is 11.4 Å². The van der Waals surface area contributed by atoms with Crippen molar-refractivity contribution in [1.82, 2.24) is 4.98 Å². The molecule has 0 amide bonds. The van der Waals surface area contributed by atoms with Crippen LogP contribution in [0.4, 0.5) is 0 Å². The Morgan fingerprint density at radius 2 is 2.17 bits per heavy atom. The molecule has 2 aromatic rings. The molecule has 18 heavy (non-hydrogen) atoms. The number of rotatable bonds is 4. The number of ether oxygens (including phenoxy) is 1. The van der Waals surface area contributed by atoms with E-state index in [4.69, 9.17) is 4.74 Å². The monoisotopic (exact) mass is 305 g/mol. The number of benzene rings is 1. The summed E-state index contributed by atoms with van der Waals surface area (Å²) in [6.07, 6.45) is 1.91. The molecule has 0 fully saturated rings. The number of carbonyl (C=O) groups excluding carboxylic acids is 1. The maximum Gasteiger partial charge on any atom is 0.189 e. The summed E-state index contributed by atoms with van der Waals surface area (Å²) >= 11 is 3.38. The highest BCUT2D eigenvalue weighted by Gasteiger charge is 2.13. The fourth-order valence-electron chi connectivity index (χ4n) is 1.68. The van der Waals surface area contributed by atoms with Crippen molar-refractivity contribution < 1.29 is 9.53 Å². The Kier molecular flexibility index (Phi) is 4.10. The van der Waals surface area contributed by atoms with Gasteiger partial charge in [0.15, 0.2) is 5.78 Å². The van der Waals surface area contributed by atoms with E-state index in [1.54, 1.807) is 18.3 Å². The molecule has 3 nitrogen and oxygen atoms in total. The summed E-state index contributed by atoms with van der Waals surface area (Å²) < 4.78 is 6.09. The normalized spacial score (nSPS) is 10.1. The molecule has 0 saturated heterocycles. The minimum Gasteiger partial charge on any atom is -0.494 e. The van der Waals surface area contributed by atoms with E-state index in [9.17, 15) is 4.79 Å². The Morgan fingerprint density at radius 3 is 2.89 bits per heavy atom. The van der Waals surface area contributed by atoms with Crippen LogP contribution in [0, 0.1) is 0 Å². The van der Waals surface area contributed by atoms with Gasteiger partial charge >= 0.3 is 0 Å². The summed E-state index contributed by atoms with van der Waals surface area (Å²) in [5.74, 6) is 0.461. The second kappa shape index (κ2) is 5.78. The molecule has 0 aliphatic carbocycles. The van der Waals surface area contributed by atoms with Crippen molar-refractivity contribution in [3.63, 3.8) is 0 Å². The van der Waals surface area contributed by atoms with Gasteiger partial charge in [0.2, 0.25) is 0 Å². The quantitative estimate of drug-likeness (QED) is 0.814. The SMILES string of the molecule is COc1cccnc1C(=O)Cc1cccc(Br)c1. The Balaban J connectivity index is 2.22. The highest BCUT2D eigenvalue weighted by molar-refractivity contribution is 9.10. The van der Waals surface area contributed by atoms with Crippen molar-refractivity contribution in [2.75, 3.05) is 7.11 Å². The van der Waals surface area contributed by atoms with Gasteiger partial charge in [-0.15, -0.1) is 0 Å². The Labute approximate surface area is 114 Å². The zero-order valence-electron chi connectivity index (χ0n) is 9.89. The number of hydrogen-bond acceptors (Lipinski definition) is 3. The van der Waals surface area contributed by atoms with Gasteiger partial charge in [0.25, 0.3) is 0 Å². The molecule has 0 bridgehead atoms. The van der Waals surface area contributed by atoms with Crippen LogP contribution < -0.4 is 4.74 Å². The first kappa shape index (κ1) is 12.8. The fraction of sp³-hybridized carbons (Fsp3) is 0.143. The number of aromatic nitrogens is 1. The van der Waals surface area contributed by atoms with Crippen LogP contribution in [-0.4, -0.2) is 17.9 Å². The minimum atomic E-state index is -0.0504. The lowest BCUT2D eigenvalue weighted by Crippen LogP contribution is -2.08. The molecule has 0 atom stereocenters. The summed E-state index contributed by atoms with van der Waals surface area (Å²) in [7, 11) is 1.53. The number of nitrogens with zero attached hydrogens (tertiary/aromatic N) is 1. The summed E-state index contributed by atoms with van der Waals surface area (Å²) in [5, 5.41) is 0. The Morgan fingerprint density at radius 1 is 1.33 bits per heavy atom. The Hall–Kier alpha value is -1.68. The maximum absolute atomic E-state index is 12.1. The average molecular weight is 306 g/mol. The van der Waals surface area contributed by atoms with E-state index < -0.39 is 0 Å². The van der Waals surface area contributed by atoms with Gasteiger partial charge in [-0.1, -0.05) is 28.1 Å². The summed E-state index contributed by atoms with van der Waals surface area (Å²) in [4.78, 5) is 16.2. The molecule has 1 aromatic heterocycles. The van der Waals surface area contributed by atoms with Crippen molar-refractivity contribution in [2.24, 2.45) is 0 Å². The number of methoxy groups -OCH3 is 1. The van der Waals surface area contributed by atoms with Crippen molar-refractivity contribution in [2.45, 2.75) is 6.42 Å². The molecule has 0 radical (unpaired) electrons. The van der Waals surface area contributed by atoms with Crippen LogP contribution in [0.1, 0.15) is 16.1 Å². The van der Waals surface area contributed by atoms with Crippen LogP contribution in [-0.2, 0) is 6.42 Å². The number of Topliss-reactive ketones (excluding diaryl/α,β-unsaturated/α-hetero) is 1. The number of pyridine rings is 1. The van der Waals surface area contributed by atoms with Gasteiger partial charge in [0.05, 0.1) is 7.11 Å². The largest absolute Gasteiger partial charge is 0.494 e. The van der Waals surface area contributed by atoms with Crippen LogP contribution in [0.3, 0.4) is 0 Å². The lowest BCUT2D eigenvalue weighted by molar-refractivity contribution is 0.0985. The predicted octanol–water partition coefficient (Wildman–Crippen LogP) is 3.28. The van der Waals surface area contributed by atoms with Gasteiger partial charge in [-0.25, -0.2) is 4.98 Å². The van der Waals surface area contributed by atoms with Crippen LogP contribution >= 0.6 is 15.9 Å². The molecule has 0 spiro atoms. The third-order valence-corrected chi connectivity index (χ3v) is 3.00. The van der Waals surface area contributed by atoms with Crippen molar-refractivity contribution >= 4 is 21.7 Å². The van der Waals surface area contributed by atoms with Gasteiger partial charge in [-0.2, -0.15) is 0 Å². The van der Waals surface area contributed by atoms with E-state index in [0.29, 0.717) is 17.9 Å². The van der Waals surface area contributed by atoms with Crippen LogP contribution in [0.5, 0.6) is 5.75 Å². The Bertz CT molecular complexity index is 569. The highest BCUT2D eigenvalue weighted by Crippen LogP contribution is 2.18. The first-order valence-electron chi connectivity index (χ1n) is 5.47. The molecular weight excluding hydrogens is 294 g/mol. The first-order valence-corrected chi connectivity index (χ1v) is 6.26. The molecule has 92 valence electrons.